The lowest BCUT2D eigenvalue weighted by Crippen LogP contribution is -2.41. The van der Waals surface area contributed by atoms with Crippen molar-refractivity contribution in [3.05, 3.63) is 29.8 Å². The largest absolute Gasteiger partial charge is 0.377 e. The zero-order valence-corrected chi connectivity index (χ0v) is 8.77. The molecule has 0 saturated carbocycles. The first-order valence-electron chi connectivity index (χ1n) is 5.35. The Morgan fingerprint density at radius 2 is 2.20 bits per heavy atom. The average molecular weight is 202 g/mol. The maximum atomic E-state index is 10.5. The molecule has 2 heterocycles. The average Bonchev–Trinajstić information content (AvgIpc) is 2.51. The van der Waals surface area contributed by atoms with Crippen LogP contribution in [0.15, 0.2) is 29.3 Å². The smallest absolute Gasteiger partial charge is 0.146 e. The van der Waals surface area contributed by atoms with Crippen LogP contribution in [0.1, 0.15) is 18.9 Å². The molecule has 15 heavy (non-hydrogen) atoms. The van der Waals surface area contributed by atoms with Gasteiger partial charge in [0, 0.05) is 24.3 Å². The molecule has 2 aliphatic rings. The monoisotopic (exact) mass is 202 g/mol. The van der Waals surface area contributed by atoms with Gasteiger partial charge in [0.05, 0.1) is 0 Å². The highest BCUT2D eigenvalue weighted by atomic mass is 16.3. The number of amidine groups is 1. The maximum absolute atomic E-state index is 10.5. The number of fused-ring (bicyclic) bond motifs is 3. The quantitative estimate of drug-likeness (QED) is 0.692. The molecule has 1 aromatic carbocycles. The van der Waals surface area contributed by atoms with E-state index in [0.717, 1.165) is 36.6 Å². The molecular formula is C12H14N2O. The van der Waals surface area contributed by atoms with Crippen molar-refractivity contribution in [2.75, 3.05) is 18.0 Å². The van der Waals surface area contributed by atoms with E-state index in [4.69, 9.17) is 0 Å². The molecule has 2 aliphatic heterocycles. The molecule has 78 valence electrons. The van der Waals surface area contributed by atoms with Gasteiger partial charge < -0.3 is 10.0 Å². The van der Waals surface area contributed by atoms with Gasteiger partial charge in [-0.3, -0.25) is 4.99 Å². The minimum absolute atomic E-state index is 0.815. The second-order valence-corrected chi connectivity index (χ2v) is 4.30. The summed E-state index contributed by atoms with van der Waals surface area (Å²) in [6.07, 6.45) is 1.06. The number of hydrogen-bond acceptors (Lipinski definition) is 3. The van der Waals surface area contributed by atoms with Crippen molar-refractivity contribution < 1.29 is 5.11 Å². The van der Waals surface area contributed by atoms with Crippen LogP contribution in [0, 0.1) is 0 Å². The number of nitrogens with zero attached hydrogens (tertiary/aromatic N) is 2. The molecule has 0 fully saturated rings. The second-order valence-electron chi connectivity index (χ2n) is 4.30. The van der Waals surface area contributed by atoms with E-state index in [-0.39, 0.29) is 0 Å². The Kier molecular flexibility index (Phi) is 1.68. The molecule has 1 N–H and O–H groups in total. The van der Waals surface area contributed by atoms with E-state index in [1.54, 1.807) is 0 Å². The molecule has 0 radical (unpaired) electrons. The van der Waals surface area contributed by atoms with Gasteiger partial charge in [-0.25, -0.2) is 0 Å². The number of aliphatic hydroxyl groups is 1. The lowest BCUT2D eigenvalue weighted by Gasteiger charge is -2.27. The Morgan fingerprint density at radius 3 is 3.07 bits per heavy atom. The van der Waals surface area contributed by atoms with Crippen LogP contribution >= 0.6 is 0 Å². The van der Waals surface area contributed by atoms with E-state index in [1.807, 2.05) is 25.1 Å². The van der Waals surface area contributed by atoms with Gasteiger partial charge in [-0.1, -0.05) is 18.2 Å². The number of benzene rings is 1. The third kappa shape index (κ3) is 1.07. The van der Waals surface area contributed by atoms with Gasteiger partial charge >= 0.3 is 0 Å². The molecule has 3 nitrogen and oxygen atoms in total. The number of aliphatic imine (C=N–C) groups is 1. The van der Waals surface area contributed by atoms with Crippen molar-refractivity contribution in [3.8, 4) is 0 Å². The van der Waals surface area contributed by atoms with Crippen LogP contribution < -0.4 is 4.90 Å². The molecule has 0 aliphatic carbocycles. The van der Waals surface area contributed by atoms with Crippen molar-refractivity contribution in [1.82, 2.24) is 0 Å². The van der Waals surface area contributed by atoms with Crippen LogP contribution in [0.25, 0.3) is 0 Å². The van der Waals surface area contributed by atoms with Crippen molar-refractivity contribution in [2.24, 2.45) is 4.99 Å². The summed E-state index contributed by atoms with van der Waals surface area (Å²) in [7, 11) is 0. The molecule has 3 heteroatoms. The highest BCUT2D eigenvalue weighted by Gasteiger charge is 2.44. The first-order chi connectivity index (χ1) is 7.21. The lowest BCUT2D eigenvalue weighted by molar-refractivity contribution is 0.136. The zero-order chi connectivity index (χ0) is 10.5. The van der Waals surface area contributed by atoms with Gasteiger partial charge in [0.15, 0.2) is 0 Å². The van der Waals surface area contributed by atoms with Gasteiger partial charge in [-0.05, 0) is 19.4 Å². The number of para-hydroxylation sites is 1. The Bertz CT molecular complexity index is 437. The summed E-state index contributed by atoms with van der Waals surface area (Å²) in [5, 5.41) is 10.5. The van der Waals surface area contributed by atoms with E-state index in [0.29, 0.717) is 0 Å². The summed E-state index contributed by atoms with van der Waals surface area (Å²) < 4.78 is 0. The molecule has 0 amide bonds. The van der Waals surface area contributed by atoms with Gasteiger partial charge in [0.1, 0.15) is 11.4 Å². The molecule has 1 atom stereocenters. The molecule has 0 bridgehead atoms. The van der Waals surface area contributed by atoms with E-state index < -0.39 is 5.60 Å². The third-order valence-electron chi connectivity index (χ3n) is 3.21. The van der Waals surface area contributed by atoms with Crippen LogP contribution in [0.3, 0.4) is 0 Å². The fourth-order valence-corrected chi connectivity index (χ4v) is 2.50. The lowest BCUT2D eigenvalue weighted by atomic mass is 9.97. The summed E-state index contributed by atoms with van der Waals surface area (Å²) >= 11 is 0. The van der Waals surface area contributed by atoms with E-state index in [2.05, 4.69) is 16.0 Å². The fraction of sp³-hybridized carbons (Fsp3) is 0.417. The topological polar surface area (TPSA) is 35.8 Å². The van der Waals surface area contributed by atoms with Crippen molar-refractivity contribution in [3.63, 3.8) is 0 Å². The molecule has 1 unspecified atom stereocenters. The summed E-state index contributed by atoms with van der Waals surface area (Å²) in [5.74, 6) is 0.815. The highest BCUT2D eigenvalue weighted by molar-refractivity contribution is 6.10. The van der Waals surface area contributed by atoms with Crippen LogP contribution in [0.2, 0.25) is 0 Å². The molecule has 3 rings (SSSR count). The predicted octanol–water partition coefficient (Wildman–Crippen LogP) is 1.52. The van der Waals surface area contributed by atoms with Crippen LogP contribution in [0.5, 0.6) is 0 Å². The van der Waals surface area contributed by atoms with Gasteiger partial charge in [0.2, 0.25) is 0 Å². The summed E-state index contributed by atoms with van der Waals surface area (Å²) in [6, 6.07) is 8.01. The molecule has 0 saturated heterocycles. The van der Waals surface area contributed by atoms with Crippen molar-refractivity contribution in [2.45, 2.75) is 18.9 Å². The van der Waals surface area contributed by atoms with E-state index >= 15 is 0 Å². The summed E-state index contributed by atoms with van der Waals surface area (Å²) in [6.45, 7) is 3.62. The Hall–Kier alpha value is -1.35. The SMILES string of the molecule is CC1(O)C2=NCCCN2c2ccccc21. The third-order valence-corrected chi connectivity index (χ3v) is 3.21. The number of hydrogen-bond donors (Lipinski definition) is 1. The maximum Gasteiger partial charge on any atom is 0.146 e. The fourth-order valence-electron chi connectivity index (χ4n) is 2.50. The van der Waals surface area contributed by atoms with Crippen LogP contribution in [-0.4, -0.2) is 24.0 Å². The van der Waals surface area contributed by atoms with Crippen molar-refractivity contribution in [1.29, 1.82) is 0 Å². The predicted molar refractivity (Wildman–Crippen MR) is 60.3 cm³/mol. The molecule has 1 aromatic rings. The van der Waals surface area contributed by atoms with Gasteiger partial charge in [-0.2, -0.15) is 0 Å². The van der Waals surface area contributed by atoms with Crippen LogP contribution in [0.4, 0.5) is 5.69 Å². The van der Waals surface area contributed by atoms with Crippen LogP contribution in [-0.2, 0) is 5.60 Å². The standard InChI is InChI=1S/C12H14N2O/c1-12(15)9-5-2-3-6-10(9)14-8-4-7-13-11(12)14/h2-3,5-6,15H,4,7-8H2,1H3. The van der Waals surface area contributed by atoms with Gasteiger partial charge in [0.25, 0.3) is 0 Å². The van der Waals surface area contributed by atoms with E-state index in [1.165, 1.54) is 0 Å². The summed E-state index contributed by atoms with van der Waals surface area (Å²) in [5.41, 5.74) is 1.18. The normalized spacial score (nSPS) is 28.4. The minimum Gasteiger partial charge on any atom is -0.377 e. The molecule has 0 aromatic heterocycles. The van der Waals surface area contributed by atoms with Crippen molar-refractivity contribution >= 4 is 11.5 Å². The first kappa shape index (κ1) is 8.92. The second kappa shape index (κ2) is 2.83. The Labute approximate surface area is 89.1 Å². The summed E-state index contributed by atoms with van der Waals surface area (Å²) in [4.78, 5) is 6.59. The number of anilines is 1. The number of rotatable bonds is 0. The molecule has 0 spiro atoms. The molecular weight excluding hydrogens is 188 g/mol. The zero-order valence-electron chi connectivity index (χ0n) is 8.77. The Morgan fingerprint density at radius 1 is 1.40 bits per heavy atom. The van der Waals surface area contributed by atoms with Gasteiger partial charge in [-0.15, -0.1) is 0 Å². The van der Waals surface area contributed by atoms with E-state index in [9.17, 15) is 5.11 Å². The Balaban J connectivity index is 2.24. The minimum atomic E-state index is -0.906. The first-order valence-corrected chi connectivity index (χ1v) is 5.35. The highest BCUT2D eigenvalue weighted by Crippen LogP contribution is 2.41.